The van der Waals surface area contributed by atoms with Gasteiger partial charge >= 0.3 is 0 Å². The lowest BCUT2D eigenvalue weighted by Gasteiger charge is -2.15. The molecule has 1 saturated heterocycles. The smallest absolute Gasteiger partial charge is 0.220 e. The first kappa shape index (κ1) is 21.7. The predicted molar refractivity (Wildman–Crippen MR) is 135 cm³/mol. The molecule has 9 heteroatoms. The van der Waals surface area contributed by atoms with Crippen molar-refractivity contribution in [2.75, 3.05) is 13.2 Å². The fraction of sp³-hybridized carbons (Fsp3) is 0.462. The third-order valence-corrected chi connectivity index (χ3v) is 9.24. The van der Waals surface area contributed by atoms with E-state index in [0.717, 1.165) is 72.2 Å². The van der Waals surface area contributed by atoms with Crippen molar-refractivity contribution in [2.45, 2.75) is 57.0 Å². The summed E-state index contributed by atoms with van der Waals surface area (Å²) in [4.78, 5) is 19.5. The summed E-state index contributed by atoms with van der Waals surface area (Å²) in [5.74, 6) is 2.24. The number of carbonyl (C=O) groups is 1. The molecule has 2 fully saturated rings. The van der Waals surface area contributed by atoms with E-state index in [2.05, 4.69) is 26.1 Å². The van der Waals surface area contributed by atoms with Crippen LogP contribution in [-0.4, -0.2) is 45.6 Å². The van der Waals surface area contributed by atoms with Crippen LogP contribution in [0.3, 0.4) is 0 Å². The summed E-state index contributed by atoms with van der Waals surface area (Å²) in [6, 6.07) is 8.12. The van der Waals surface area contributed by atoms with Crippen molar-refractivity contribution in [3.05, 3.63) is 62.5 Å². The van der Waals surface area contributed by atoms with Crippen molar-refractivity contribution in [2.24, 2.45) is 10.9 Å². The van der Waals surface area contributed by atoms with Crippen LogP contribution in [0.5, 0.6) is 0 Å². The van der Waals surface area contributed by atoms with Gasteiger partial charge in [-0.25, -0.2) is 0 Å². The van der Waals surface area contributed by atoms with Gasteiger partial charge in [-0.2, -0.15) is 0 Å². The third-order valence-electron chi connectivity index (χ3n) is 7.67. The number of carbonyl (C=O) groups excluding carboxylic acids is 1. The minimum atomic E-state index is -0.331. The van der Waals surface area contributed by atoms with Gasteiger partial charge in [0, 0.05) is 34.1 Å². The monoisotopic (exact) mass is 507 g/mol. The molecule has 0 bridgehead atoms. The van der Waals surface area contributed by atoms with E-state index in [1.54, 1.807) is 11.3 Å². The summed E-state index contributed by atoms with van der Waals surface area (Å²) in [6.45, 7) is 3.37. The zero-order chi connectivity index (χ0) is 23.7. The highest BCUT2D eigenvalue weighted by molar-refractivity contribution is 7.15. The highest BCUT2D eigenvalue weighted by Gasteiger charge is 2.52. The molecule has 7 nitrogen and oxygen atoms in total. The lowest BCUT2D eigenvalue weighted by Crippen LogP contribution is -2.36. The second-order valence-corrected chi connectivity index (χ2v) is 11.7. The van der Waals surface area contributed by atoms with Gasteiger partial charge in [0.1, 0.15) is 16.4 Å². The van der Waals surface area contributed by atoms with E-state index in [-0.39, 0.29) is 23.4 Å². The first-order chi connectivity index (χ1) is 17.0. The van der Waals surface area contributed by atoms with Crippen LogP contribution in [0.15, 0.2) is 29.3 Å². The van der Waals surface area contributed by atoms with E-state index in [4.69, 9.17) is 21.3 Å². The molecule has 3 aromatic rings. The quantitative estimate of drug-likeness (QED) is 0.575. The Bertz CT molecular complexity index is 1380. The van der Waals surface area contributed by atoms with E-state index in [1.807, 2.05) is 25.1 Å². The van der Waals surface area contributed by atoms with Crippen LogP contribution in [0, 0.1) is 12.8 Å². The Morgan fingerprint density at radius 3 is 2.91 bits per heavy atom. The number of thiophene rings is 1. The minimum Gasteiger partial charge on any atom is -0.379 e. The third kappa shape index (κ3) is 3.49. The van der Waals surface area contributed by atoms with Gasteiger partial charge in [-0.15, -0.1) is 21.5 Å². The Labute approximate surface area is 212 Å². The second kappa shape index (κ2) is 7.98. The number of hydrogen-bond acceptors (Lipinski definition) is 6. The van der Waals surface area contributed by atoms with E-state index < -0.39 is 0 Å². The Balaban J connectivity index is 1.29. The first-order valence-electron chi connectivity index (χ1n) is 12.3. The molecule has 1 N–H and O–H groups in total. The second-order valence-electron chi connectivity index (χ2n) is 10.2. The maximum atomic E-state index is 12.7. The maximum Gasteiger partial charge on any atom is 0.220 e. The zero-order valence-electron chi connectivity index (χ0n) is 19.5. The van der Waals surface area contributed by atoms with E-state index in [9.17, 15) is 4.79 Å². The number of fused-ring (bicyclic) bond motifs is 6. The van der Waals surface area contributed by atoms with Crippen LogP contribution in [-0.2, 0) is 27.9 Å². The largest absolute Gasteiger partial charge is 0.379 e. The number of benzene rings is 1. The van der Waals surface area contributed by atoms with Crippen LogP contribution >= 0.6 is 22.9 Å². The molecule has 1 amide bonds. The number of amides is 1. The van der Waals surface area contributed by atoms with Crippen LogP contribution in [0.25, 0.3) is 5.00 Å². The number of aliphatic imine (C=N–C) groups is 1. The molecule has 2 aliphatic carbocycles. The average Bonchev–Trinajstić information content (AvgIpc) is 3.19. The van der Waals surface area contributed by atoms with E-state index >= 15 is 0 Å². The number of halogens is 1. The van der Waals surface area contributed by atoms with Gasteiger partial charge < -0.3 is 10.1 Å². The molecule has 0 unspecified atom stereocenters. The van der Waals surface area contributed by atoms with Gasteiger partial charge in [-0.3, -0.25) is 14.4 Å². The molecule has 2 atom stereocenters. The van der Waals surface area contributed by atoms with E-state index in [0.29, 0.717) is 18.1 Å². The molecule has 35 heavy (non-hydrogen) atoms. The van der Waals surface area contributed by atoms with Crippen LogP contribution in [0.2, 0.25) is 5.02 Å². The van der Waals surface area contributed by atoms with Crippen molar-refractivity contribution >= 4 is 34.6 Å². The highest BCUT2D eigenvalue weighted by Crippen LogP contribution is 2.54. The molecule has 2 aliphatic heterocycles. The lowest BCUT2D eigenvalue weighted by atomic mass is 9.96. The zero-order valence-corrected chi connectivity index (χ0v) is 21.1. The van der Waals surface area contributed by atoms with Crippen molar-refractivity contribution in [1.82, 2.24) is 20.1 Å². The van der Waals surface area contributed by atoms with Crippen LogP contribution in [0.1, 0.15) is 58.9 Å². The molecule has 1 saturated carbocycles. The Kier molecular flexibility index (Phi) is 4.95. The van der Waals surface area contributed by atoms with Crippen molar-refractivity contribution < 1.29 is 9.53 Å². The summed E-state index contributed by atoms with van der Waals surface area (Å²) in [5.41, 5.74) is 4.04. The number of aryl methyl sites for hydroxylation is 1. The number of nitrogens with one attached hydrogen (secondary N) is 1. The molecule has 180 valence electrons. The summed E-state index contributed by atoms with van der Waals surface area (Å²) in [6.07, 6.45) is 5.12. The maximum absolute atomic E-state index is 12.7. The molecule has 0 radical (unpaired) electrons. The lowest BCUT2D eigenvalue weighted by molar-refractivity contribution is -0.122. The summed E-state index contributed by atoms with van der Waals surface area (Å²) in [5, 5.41) is 14.0. The minimum absolute atomic E-state index is 0.126. The van der Waals surface area contributed by atoms with Gasteiger partial charge in [0.25, 0.3) is 0 Å². The molecule has 7 rings (SSSR count). The average molecular weight is 508 g/mol. The number of ether oxygens (including phenoxy) is 1. The topological polar surface area (TPSA) is 81.4 Å². The molecular weight excluding hydrogens is 482 g/mol. The highest BCUT2D eigenvalue weighted by atomic mass is 35.5. The molecule has 1 aromatic carbocycles. The number of nitrogens with zero attached hydrogens (tertiary/aromatic N) is 4. The molecular formula is C26H26ClN5O2S. The molecule has 4 heterocycles. The van der Waals surface area contributed by atoms with Gasteiger partial charge in [0.2, 0.25) is 5.91 Å². The molecule has 4 aliphatic rings. The van der Waals surface area contributed by atoms with Gasteiger partial charge in [0.05, 0.1) is 18.4 Å². The van der Waals surface area contributed by atoms with Crippen LogP contribution in [0.4, 0.5) is 0 Å². The molecule has 1 spiro atoms. The predicted octanol–water partition coefficient (Wildman–Crippen LogP) is 4.14. The Hall–Kier alpha value is -2.55. The Morgan fingerprint density at radius 2 is 2.14 bits per heavy atom. The van der Waals surface area contributed by atoms with E-state index in [1.165, 1.54) is 10.4 Å². The summed E-state index contributed by atoms with van der Waals surface area (Å²) < 4.78 is 7.63. The van der Waals surface area contributed by atoms with Gasteiger partial charge in [-0.05, 0) is 56.6 Å². The summed E-state index contributed by atoms with van der Waals surface area (Å²) in [7, 11) is 0. The number of rotatable bonds is 4. The number of aromatic nitrogens is 3. The fourth-order valence-corrected chi connectivity index (χ4v) is 7.49. The van der Waals surface area contributed by atoms with Crippen molar-refractivity contribution in [1.29, 1.82) is 0 Å². The standard InChI is InChI=1S/C26H26ClN5O2S/c1-14-30-31-25-26(7-8-26)29-23(17-4-2-3-5-19(17)27)22-18-10-15(11-20(18)35-24(22)32(14)25)12-21(33)28-16-6-9-34-13-16/h2-5,15-16H,6-13H2,1H3,(H,28,33)/t15-,16+/m0/s1. The van der Waals surface area contributed by atoms with Crippen molar-refractivity contribution in [3.63, 3.8) is 0 Å². The van der Waals surface area contributed by atoms with Crippen molar-refractivity contribution in [3.8, 4) is 5.00 Å². The SMILES string of the molecule is Cc1nnc2n1-c1sc3c(c1C(c1ccccc1Cl)=NC21CC1)C[C@H](CC(=O)N[C@@H]1CCOC1)C3. The molecule has 2 aromatic heterocycles. The Morgan fingerprint density at radius 1 is 1.29 bits per heavy atom. The fourth-order valence-electron chi connectivity index (χ4n) is 5.77. The summed E-state index contributed by atoms with van der Waals surface area (Å²) >= 11 is 8.53. The normalized spacial score (nSPS) is 23.4. The van der Waals surface area contributed by atoms with Gasteiger partial charge in [-0.1, -0.05) is 29.8 Å². The first-order valence-corrected chi connectivity index (χ1v) is 13.5. The number of hydrogen-bond donors (Lipinski definition) is 1. The van der Waals surface area contributed by atoms with Crippen LogP contribution < -0.4 is 5.32 Å². The van der Waals surface area contributed by atoms with Gasteiger partial charge in [0.15, 0.2) is 5.82 Å².